The number of amides is 1. The lowest BCUT2D eigenvalue weighted by Gasteiger charge is -2.37. The normalized spacial score (nSPS) is 28.6. The number of nitrogens with zero attached hydrogens (tertiary/aromatic N) is 2. The second kappa shape index (κ2) is 4.94. The fraction of sp³-hybridized carbons (Fsp3) is 0.571. The highest BCUT2D eigenvalue weighted by Gasteiger charge is 2.43. The number of hydrogen-bond acceptors (Lipinski definition) is 3. The van der Waals surface area contributed by atoms with Crippen molar-refractivity contribution in [1.29, 1.82) is 0 Å². The zero-order chi connectivity index (χ0) is 14.3. The molecule has 2 N–H and O–H groups in total. The van der Waals surface area contributed by atoms with Crippen LogP contribution >= 0.6 is 0 Å². The second-order valence-electron chi connectivity index (χ2n) is 5.64. The number of fused-ring (bicyclic) bond motifs is 2. The van der Waals surface area contributed by atoms with Crippen molar-refractivity contribution in [2.75, 3.05) is 0 Å². The van der Waals surface area contributed by atoms with Crippen LogP contribution in [0.15, 0.2) is 18.3 Å². The van der Waals surface area contributed by atoms with Gasteiger partial charge in [-0.15, -0.1) is 0 Å². The SMILES string of the molecule is O=C(O)Cn1cccc1C(=O)N1C2CCC1CC(O)C2. The van der Waals surface area contributed by atoms with Gasteiger partial charge in [-0.25, -0.2) is 0 Å². The summed E-state index contributed by atoms with van der Waals surface area (Å²) in [6.45, 7) is -0.208. The molecule has 2 fully saturated rings. The van der Waals surface area contributed by atoms with Gasteiger partial charge in [-0.1, -0.05) is 0 Å². The first-order chi connectivity index (χ1) is 9.56. The van der Waals surface area contributed by atoms with Gasteiger partial charge in [0.25, 0.3) is 5.91 Å². The zero-order valence-corrected chi connectivity index (χ0v) is 11.1. The topological polar surface area (TPSA) is 82.8 Å². The molecule has 2 aliphatic heterocycles. The van der Waals surface area contributed by atoms with Crippen molar-refractivity contribution in [2.24, 2.45) is 0 Å². The number of aliphatic hydroxyl groups is 1. The predicted octanol–water partition coefficient (Wildman–Crippen LogP) is 0.701. The minimum absolute atomic E-state index is 0.0874. The summed E-state index contributed by atoms with van der Waals surface area (Å²) in [5, 5.41) is 18.6. The Morgan fingerprint density at radius 2 is 1.90 bits per heavy atom. The van der Waals surface area contributed by atoms with Crippen LogP contribution in [0.25, 0.3) is 0 Å². The van der Waals surface area contributed by atoms with Crippen molar-refractivity contribution in [3.63, 3.8) is 0 Å². The molecule has 20 heavy (non-hydrogen) atoms. The van der Waals surface area contributed by atoms with E-state index >= 15 is 0 Å². The van der Waals surface area contributed by atoms with Crippen molar-refractivity contribution in [3.05, 3.63) is 24.0 Å². The Hall–Kier alpha value is -1.82. The minimum Gasteiger partial charge on any atom is -0.480 e. The van der Waals surface area contributed by atoms with Crippen molar-refractivity contribution in [2.45, 2.75) is 50.4 Å². The summed E-state index contributed by atoms with van der Waals surface area (Å²) in [4.78, 5) is 25.3. The van der Waals surface area contributed by atoms with E-state index in [0.29, 0.717) is 18.5 Å². The van der Waals surface area contributed by atoms with Crippen LogP contribution in [0.3, 0.4) is 0 Å². The Bertz CT molecular complexity index is 525. The molecule has 2 saturated heterocycles. The average molecular weight is 278 g/mol. The lowest BCUT2D eigenvalue weighted by atomic mass is 9.99. The van der Waals surface area contributed by atoms with Gasteiger partial charge < -0.3 is 19.7 Å². The first kappa shape index (κ1) is 13.2. The van der Waals surface area contributed by atoms with Crippen molar-refractivity contribution >= 4 is 11.9 Å². The highest BCUT2D eigenvalue weighted by Crippen LogP contribution is 2.36. The highest BCUT2D eigenvalue weighted by atomic mass is 16.4. The number of aromatic nitrogens is 1. The van der Waals surface area contributed by atoms with Gasteiger partial charge in [-0.2, -0.15) is 0 Å². The molecule has 6 heteroatoms. The predicted molar refractivity (Wildman–Crippen MR) is 70.3 cm³/mol. The summed E-state index contributed by atoms with van der Waals surface area (Å²) in [6, 6.07) is 3.53. The molecule has 0 aliphatic carbocycles. The number of carboxylic acid groups (broad SMARTS) is 1. The van der Waals surface area contributed by atoms with Crippen LogP contribution in [-0.4, -0.2) is 49.7 Å². The molecule has 3 rings (SSSR count). The van der Waals surface area contributed by atoms with Crippen LogP contribution in [0.1, 0.15) is 36.2 Å². The van der Waals surface area contributed by atoms with Gasteiger partial charge in [0.2, 0.25) is 0 Å². The van der Waals surface area contributed by atoms with Crippen molar-refractivity contribution in [1.82, 2.24) is 9.47 Å². The third kappa shape index (κ3) is 2.20. The van der Waals surface area contributed by atoms with Crippen molar-refractivity contribution < 1.29 is 19.8 Å². The fourth-order valence-electron chi connectivity index (χ4n) is 3.50. The molecule has 1 aromatic rings. The molecule has 2 atom stereocenters. The number of hydrogen-bond donors (Lipinski definition) is 2. The first-order valence-corrected chi connectivity index (χ1v) is 6.94. The summed E-state index contributed by atoms with van der Waals surface area (Å²) in [5.74, 6) is -1.08. The number of aliphatic hydroxyl groups excluding tert-OH is 1. The molecule has 0 saturated carbocycles. The minimum atomic E-state index is -0.965. The molecule has 0 spiro atoms. The standard InChI is InChI=1S/C14H18N2O4/c17-11-6-9-3-4-10(7-11)16(9)14(20)12-2-1-5-15(12)8-13(18)19/h1-2,5,9-11,17H,3-4,6-8H2,(H,18,19). The Morgan fingerprint density at radius 3 is 2.50 bits per heavy atom. The Balaban J connectivity index is 1.83. The Kier molecular flexibility index (Phi) is 3.25. The van der Waals surface area contributed by atoms with Gasteiger partial charge in [0.15, 0.2) is 0 Å². The van der Waals surface area contributed by atoms with E-state index in [1.54, 1.807) is 18.3 Å². The molecule has 1 amide bonds. The molecule has 108 valence electrons. The monoisotopic (exact) mass is 278 g/mol. The molecule has 3 heterocycles. The molecular formula is C14H18N2O4. The number of carboxylic acids is 1. The summed E-state index contributed by atoms with van der Waals surface area (Å²) >= 11 is 0. The summed E-state index contributed by atoms with van der Waals surface area (Å²) in [5.41, 5.74) is 0.417. The van der Waals surface area contributed by atoms with Crippen LogP contribution in [0, 0.1) is 0 Å². The zero-order valence-electron chi connectivity index (χ0n) is 11.1. The molecule has 2 unspecified atom stereocenters. The highest BCUT2D eigenvalue weighted by molar-refractivity contribution is 5.94. The van der Waals surface area contributed by atoms with Crippen LogP contribution in [0.4, 0.5) is 0 Å². The van der Waals surface area contributed by atoms with Gasteiger partial charge >= 0.3 is 5.97 Å². The number of carbonyl (C=O) groups excluding carboxylic acids is 1. The van der Waals surface area contributed by atoms with E-state index in [0.717, 1.165) is 12.8 Å². The maximum atomic E-state index is 12.7. The quantitative estimate of drug-likeness (QED) is 0.852. The van der Waals surface area contributed by atoms with Crippen molar-refractivity contribution in [3.8, 4) is 0 Å². The third-order valence-electron chi connectivity index (χ3n) is 4.30. The van der Waals surface area contributed by atoms with Gasteiger partial charge in [0.05, 0.1) is 6.10 Å². The van der Waals surface area contributed by atoms with Gasteiger partial charge in [-0.05, 0) is 37.8 Å². The van der Waals surface area contributed by atoms with Crippen LogP contribution in [0.5, 0.6) is 0 Å². The third-order valence-corrected chi connectivity index (χ3v) is 4.30. The molecule has 2 bridgehead atoms. The molecule has 1 aromatic heterocycles. The molecule has 2 aliphatic rings. The van der Waals surface area contributed by atoms with E-state index in [1.807, 2.05) is 4.90 Å². The van der Waals surface area contributed by atoms with Crippen LogP contribution in [0.2, 0.25) is 0 Å². The van der Waals surface area contributed by atoms with Gasteiger partial charge in [0, 0.05) is 18.3 Å². The Labute approximate surface area is 116 Å². The maximum Gasteiger partial charge on any atom is 0.323 e. The van der Waals surface area contributed by atoms with E-state index in [2.05, 4.69) is 0 Å². The summed E-state index contributed by atoms with van der Waals surface area (Å²) in [6.07, 6.45) is 4.40. The molecule has 0 radical (unpaired) electrons. The summed E-state index contributed by atoms with van der Waals surface area (Å²) < 4.78 is 1.47. The average Bonchev–Trinajstić information content (AvgIpc) is 2.91. The largest absolute Gasteiger partial charge is 0.480 e. The van der Waals surface area contributed by atoms with E-state index in [1.165, 1.54) is 4.57 Å². The lowest BCUT2D eigenvalue weighted by molar-refractivity contribution is -0.137. The molecule has 6 nitrogen and oxygen atoms in total. The van der Waals surface area contributed by atoms with Gasteiger partial charge in [0.1, 0.15) is 12.2 Å². The molecule has 0 aromatic carbocycles. The van der Waals surface area contributed by atoms with E-state index < -0.39 is 5.97 Å². The Morgan fingerprint density at radius 1 is 1.25 bits per heavy atom. The van der Waals surface area contributed by atoms with Crippen LogP contribution < -0.4 is 0 Å². The lowest BCUT2D eigenvalue weighted by Crippen LogP contribution is -2.48. The maximum absolute atomic E-state index is 12.7. The summed E-state index contributed by atoms with van der Waals surface area (Å²) in [7, 11) is 0. The fourth-order valence-corrected chi connectivity index (χ4v) is 3.50. The van der Waals surface area contributed by atoms with E-state index in [9.17, 15) is 14.7 Å². The number of rotatable bonds is 3. The number of aliphatic carboxylic acids is 1. The van der Waals surface area contributed by atoms with Gasteiger partial charge in [-0.3, -0.25) is 9.59 Å². The second-order valence-corrected chi connectivity index (χ2v) is 5.64. The van der Waals surface area contributed by atoms with E-state index in [4.69, 9.17) is 5.11 Å². The first-order valence-electron chi connectivity index (χ1n) is 6.94. The molecular weight excluding hydrogens is 260 g/mol. The smallest absolute Gasteiger partial charge is 0.323 e. The number of piperidine rings is 1. The number of carbonyl (C=O) groups is 2. The van der Waals surface area contributed by atoms with Crippen LogP contribution in [-0.2, 0) is 11.3 Å². The van der Waals surface area contributed by atoms with E-state index in [-0.39, 0.29) is 30.6 Å².